The number of aromatic nitrogens is 1. The third-order valence-electron chi connectivity index (χ3n) is 3.08. The maximum Gasteiger partial charge on any atom is 0.160 e. The van der Waals surface area contributed by atoms with E-state index < -0.39 is 0 Å². The highest BCUT2D eigenvalue weighted by Gasteiger charge is 2.07. The zero-order valence-electron chi connectivity index (χ0n) is 15.1. The van der Waals surface area contributed by atoms with Crippen molar-refractivity contribution in [2.24, 2.45) is 10.8 Å². The van der Waals surface area contributed by atoms with Gasteiger partial charge in [-0.15, -0.1) is 0 Å². The highest BCUT2D eigenvalue weighted by atomic mass is 16.5. The van der Waals surface area contributed by atoms with Crippen LogP contribution in [0.1, 0.15) is 13.3 Å². The molecule has 0 spiro atoms. The smallest absolute Gasteiger partial charge is 0.160 e. The molecule has 136 valence electrons. The zero-order chi connectivity index (χ0) is 19.1. The SMILES string of the molecule is C=C/C(OC)=C(\C=C(/C)CCN(/N=C/N)c1ccccn1)OC.C=N. The normalized spacial score (nSPS) is 11.9. The molecule has 0 aromatic carbocycles. The fourth-order valence-electron chi connectivity index (χ4n) is 1.91. The van der Waals surface area contributed by atoms with Gasteiger partial charge in [-0.1, -0.05) is 18.2 Å². The van der Waals surface area contributed by atoms with E-state index in [-0.39, 0.29) is 0 Å². The molecule has 1 rings (SSSR count). The Bertz CT molecular complexity index is 597. The van der Waals surface area contributed by atoms with Gasteiger partial charge in [0, 0.05) is 12.7 Å². The first kappa shape index (κ1) is 21.9. The number of nitrogens with one attached hydrogen (secondary N) is 1. The summed E-state index contributed by atoms with van der Waals surface area (Å²) < 4.78 is 10.6. The molecule has 1 aromatic heterocycles. The maximum absolute atomic E-state index is 5.50. The molecule has 0 aliphatic carbocycles. The summed E-state index contributed by atoms with van der Waals surface area (Å²) in [6.45, 7) is 8.86. The van der Waals surface area contributed by atoms with Gasteiger partial charge in [0.2, 0.25) is 0 Å². The third-order valence-corrected chi connectivity index (χ3v) is 3.08. The molecule has 0 aliphatic rings. The number of nitrogens with zero attached hydrogens (tertiary/aromatic N) is 3. The first-order valence-electron chi connectivity index (χ1n) is 7.56. The molecule has 0 saturated heterocycles. The molecule has 1 heterocycles. The van der Waals surface area contributed by atoms with E-state index in [2.05, 4.69) is 23.4 Å². The second kappa shape index (κ2) is 13.4. The van der Waals surface area contributed by atoms with Gasteiger partial charge in [0.1, 0.15) is 12.2 Å². The van der Waals surface area contributed by atoms with Gasteiger partial charge in [-0.05, 0) is 44.3 Å². The van der Waals surface area contributed by atoms with E-state index >= 15 is 0 Å². The van der Waals surface area contributed by atoms with Crippen molar-refractivity contribution in [1.29, 1.82) is 5.41 Å². The fraction of sp³-hybridized carbons (Fsp3) is 0.278. The summed E-state index contributed by atoms with van der Waals surface area (Å²) in [5.74, 6) is 1.97. The summed E-state index contributed by atoms with van der Waals surface area (Å²) in [5.41, 5.74) is 6.52. The molecule has 7 heteroatoms. The van der Waals surface area contributed by atoms with Crippen LogP contribution >= 0.6 is 0 Å². The third kappa shape index (κ3) is 7.83. The number of hydrazone groups is 1. The van der Waals surface area contributed by atoms with Crippen molar-refractivity contribution in [3.63, 3.8) is 0 Å². The van der Waals surface area contributed by atoms with Crippen LogP contribution in [0.5, 0.6) is 0 Å². The molecule has 0 radical (unpaired) electrons. The van der Waals surface area contributed by atoms with E-state index in [1.165, 1.54) is 6.34 Å². The lowest BCUT2D eigenvalue weighted by molar-refractivity contribution is 0.241. The molecule has 0 aliphatic heterocycles. The van der Waals surface area contributed by atoms with Crippen LogP contribution in [-0.2, 0) is 9.47 Å². The van der Waals surface area contributed by atoms with Crippen molar-refractivity contribution in [2.45, 2.75) is 13.3 Å². The van der Waals surface area contributed by atoms with E-state index in [4.69, 9.17) is 20.6 Å². The standard InChI is InChI=1S/C17H24N4O2.CH3N/c1-5-15(22-3)16(23-4)12-14(2)9-11-21(20-13-18)17-8-6-7-10-19-17;1-2/h5-8,10,12-13H,1,9,11H2,2-4H3,(H2,18,20);2H,1H2/b14-12+,16-15-;. The Hall–Kier alpha value is -3.09. The number of anilines is 1. The quantitative estimate of drug-likeness (QED) is 0.236. The Balaban J connectivity index is 0.00000277. The minimum absolute atomic E-state index is 0.591. The number of ether oxygens (including phenoxy) is 2. The van der Waals surface area contributed by atoms with Gasteiger partial charge in [-0.2, -0.15) is 5.10 Å². The topological polar surface area (TPSA) is 96.8 Å². The average molecular weight is 345 g/mol. The van der Waals surface area contributed by atoms with Gasteiger partial charge in [-0.3, -0.25) is 0 Å². The summed E-state index contributed by atoms with van der Waals surface area (Å²) in [7, 11) is 3.18. The Morgan fingerprint density at radius 2 is 2.00 bits per heavy atom. The van der Waals surface area contributed by atoms with Gasteiger partial charge in [-0.25, -0.2) is 9.99 Å². The van der Waals surface area contributed by atoms with Crippen molar-refractivity contribution in [3.05, 3.63) is 60.2 Å². The van der Waals surface area contributed by atoms with E-state index in [0.29, 0.717) is 18.1 Å². The Kier molecular flexibility index (Phi) is 11.7. The van der Waals surface area contributed by atoms with Crippen molar-refractivity contribution in [3.8, 4) is 0 Å². The molecule has 0 amide bonds. The monoisotopic (exact) mass is 345 g/mol. The van der Waals surface area contributed by atoms with Crippen molar-refractivity contribution in [1.82, 2.24) is 4.98 Å². The number of hydrogen-bond donors (Lipinski definition) is 2. The van der Waals surface area contributed by atoms with Gasteiger partial charge >= 0.3 is 0 Å². The Morgan fingerprint density at radius 1 is 1.32 bits per heavy atom. The van der Waals surface area contributed by atoms with Crippen LogP contribution in [0.2, 0.25) is 0 Å². The largest absolute Gasteiger partial charge is 0.493 e. The van der Waals surface area contributed by atoms with Crippen LogP contribution in [-0.4, -0.2) is 38.8 Å². The number of rotatable bonds is 9. The predicted molar refractivity (Wildman–Crippen MR) is 104 cm³/mol. The van der Waals surface area contributed by atoms with Crippen LogP contribution in [0.4, 0.5) is 5.82 Å². The van der Waals surface area contributed by atoms with Gasteiger partial charge in [0.05, 0.1) is 14.2 Å². The average Bonchev–Trinajstić information content (AvgIpc) is 2.67. The minimum atomic E-state index is 0.591. The summed E-state index contributed by atoms with van der Waals surface area (Å²) >= 11 is 0. The molecular weight excluding hydrogens is 318 g/mol. The molecule has 0 fully saturated rings. The van der Waals surface area contributed by atoms with Crippen molar-refractivity contribution in [2.75, 3.05) is 25.8 Å². The molecule has 25 heavy (non-hydrogen) atoms. The number of pyridine rings is 1. The van der Waals surface area contributed by atoms with Crippen LogP contribution in [0.15, 0.2) is 65.3 Å². The summed E-state index contributed by atoms with van der Waals surface area (Å²) in [4.78, 5) is 4.28. The van der Waals surface area contributed by atoms with E-state index in [1.807, 2.05) is 31.2 Å². The second-order valence-electron chi connectivity index (χ2n) is 4.66. The first-order chi connectivity index (χ1) is 12.2. The van der Waals surface area contributed by atoms with Crippen molar-refractivity contribution < 1.29 is 9.47 Å². The lowest BCUT2D eigenvalue weighted by Crippen LogP contribution is -2.20. The maximum atomic E-state index is 5.50. The van der Waals surface area contributed by atoms with E-state index in [9.17, 15) is 0 Å². The van der Waals surface area contributed by atoms with E-state index in [1.54, 1.807) is 31.5 Å². The van der Waals surface area contributed by atoms with E-state index in [0.717, 1.165) is 17.8 Å². The van der Waals surface area contributed by atoms with Crippen LogP contribution in [0.25, 0.3) is 0 Å². The molecule has 0 bridgehead atoms. The summed E-state index contributed by atoms with van der Waals surface area (Å²) in [6.07, 6.45) is 7.27. The van der Waals surface area contributed by atoms with Gasteiger partial charge in [0.15, 0.2) is 11.5 Å². The predicted octanol–water partition coefficient (Wildman–Crippen LogP) is 3.08. The molecule has 0 saturated carbocycles. The van der Waals surface area contributed by atoms with Crippen LogP contribution in [0.3, 0.4) is 0 Å². The first-order valence-corrected chi connectivity index (χ1v) is 7.56. The fourth-order valence-corrected chi connectivity index (χ4v) is 1.91. The number of methoxy groups -OCH3 is 2. The van der Waals surface area contributed by atoms with Gasteiger partial charge in [0.25, 0.3) is 0 Å². The number of allylic oxidation sites excluding steroid dienone is 2. The minimum Gasteiger partial charge on any atom is -0.493 e. The highest BCUT2D eigenvalue weighted by molar-refractivity contribution is 5.54. The summed E-state index contributed by atoms with van der Waals surface area (Å²) in [6, 6.07) is 5.65. The molecule has 0 atom stereocenters. The molecule has 0 unspecified atom stereocenters. The Labute approximate surface area is 149 Å². The van der Waals surface area contributed by atoms with Crippen LogP contribution in [0, 0.1) is 5.41 Å². The molecule has 3 N–H and O–H groups in total. The highest BCUT2D eigenvalue weighted by Crippen LogP contribution is 2.16. The Morgan fingerprint density at radius 3 is 2.48 bits per heavy atom. The molecule has 1 aromatic rings. The van der Waals surface area contributed by atoms with Crippen LogP contribution < -0.4 is 10.7 Å². The zero-order valence-corrected chi connectivity index (χ0v) is 15.1. The number of nitrogens with two attached hydrogens (primary N) is 1. The van der Waals surface area contributed by atoms with Crippen molar-refractivity contribution >= 4 is 18.9 Å². The second-order valence-corrected chi connectivity index (χ2v) is 4.66. The number of hydrogen-bond acceptors (Lipinski definition) is 6. The van der Waals surface area contributed by atoms with Gasteiger partial charge < -0.3 is 20.6 Å². The molecule has 7 nitrogen and oxygen atoms in total. The lowest BCUT2D eigenvalue weighted by atomic mass is 10.1. The summed E-state index contributed by atoms with van der Waals surface area (Å²) in [5, 5.41) is 11.4. The molecular formula is C18H27N5O2. The lowest BCUT2D eigenvalue weighted by Gasteiger charge is -2.17.